The fourth-order valence-corrected chi connectivity index (χ4v) is 2.46. The molecule has 1 N–H and O–H groups in total. The summed E-state index contributed by atoms with van der Waals surface area (Å²) in [6, 6.07) is 17.6. The Balaban J connectivity index is 1.62. The van der Waals surface area contributed by atoms with Crippen LogP contribution in [0, 0.1) is 0 Å². The van der Waals surface area contributed by atoms with Crippen molar-refractivity contribution in [2.45, 2.75) is 6.54 Å². The fourth-order valence-electron chi connectivity index (χ4n) is 2.20. The minimum absolute atomic E-state index is 0.158. The van der Waals surface area contributed by atoms with Crippen LogP contribution in [0.4, 0.5) is 0 Å². The van der Waals surface area contributed by atoms with Crippen LogP contribution < -0.4 is 5.43 Å². The Morgan fingerprint density at radius 1 is 1.14 bits per heavy atom. The minimum Gasteiger partial charge on any atom is -0.338 e. The topological polar surface area (TPSA) is 46.4 Å². The Bertz CT molecular complexity index is 821. The van der Waals surface area contributed by atoms with Gasteiger partial charge in [-0.2, -0.15) is 5.10 Å². The van der Waals surface area contributed by atoms with Crippen molar-refractivity contribution in [3.63, 3.8) is 0 Å². The van der Waals surface area contributed by atoms with Gasteiger partial charge in [-0.3, -0.25) is 4.79 Å². The number of carbonyl (C=O) groups excluding carboxylic acids is 1. The van der Waals surface area contributed by atoms with Crippen molar-refractivity contribution in [1.82, 2.24) is 9.99 Å². The van der Waals surface area contributed by atoms with Crippen LogP contribution in [0.15, 0.2) is 70.4 Å². The van der Waals surface area contributed by atoms with Crippen molar-refractivity contribution in [1.29, 1.82) is 0 Å². The van der Waals surface area contributed by atoms with E-state index in [1.165, 1.54) is 0 Å². The van der Waals surface area contributed by atoms with E-state index in [0.717, 1.165) is 20.9 Å². The molecule has 3 rings (SSSR count). The molecule has 0 saturated heterocycles. The Kier molecular flexibility index (Phi) is 4.34. The number of benzene rings is 2. The molecule has 1 aromatic heterocycles. The summed E-state index contributed by atoms with van der Waals surface area (Å²) >= 11 is 3.37. The van der Waals surface area contributed by atoms with Gasteiger partial charge >= 0.3 is 0 Å². The van der Waals surface area contributed by atoms with Crippen LogP contribution in [0.1, 0.15) is 5.56 Å². The predicted molar refractivity (Wildman–Crippen MR) is 91.8 cm³/mol. The maximum Gasteiger partial charge on any atom is 0.259 e. The lowest BCUT2D eigenvalue weighted by Crippen LogP contribution is -2.22. The SMILES string of the molecule is O=C(Cn1ccc2ccccc21)N/N=C/c1ccc(Br)cc1. The largest absolute Gasteiger partial charge is 0.338 e. The number of nitrogens with one attached hydrogen (secondary N) is 1. The first kappa shape index (κ1) is 14.5. The van der Waals surface area contributed by atoms with Crippen molar-refractivity contribution in [2.24, 2.45) is 5.10 Å². The number of hydrogen-bond acceptors (Lipinski definition) is 2. The molecule has 0 aliphatic carbocycles. The lowest BCUT2D eigenvalue weighted by atomic mass is 10.2. The number of halogens is 1. The molecule has 0 atom stereocenters. The van der Waals surface area contributed by atoms with Gasteiger partial charge < -0.3 is 4.57 Å². The van der Waals surface area contributed by atoms with Gasteiger partial charge in [0.25, 0.3) is 5.91 Å². The van der Waals surface area contributed by atoms with Crippen molar-refractivity contribution in [3.05, 3.63) is 70.8 Å². The van der Waals surface area contributed by atoms with E-state index in [4.69, 9.17) is 0 Å². The van der Waals surface area contributed by atoms with Crippen LogP contribution >= 0.6 is 15.9 Å². The highest BCUT2D eigenvalue weighted by Crippen LogP contribution is 2.14. The van der Waals surface area contributed by atoms with Crippen molar-refractivity contribution < 1.29 is 4.79 Å². The summed E-state index contributed by atoms with van der Waals surface area (Å²) in [6.07, 6.45) is 3.53. The zero-order valence-corrected chi connectivity index (χ0v) is 13.3. The highest BCUT2D eigenvalue weighted by Gasteiger charge is 2.04. The van der Waals surface area contributed by atoms with Crippen molar-refractivity contribution in [3.8, 4) is 0 Å². The van der Waals surface area contributed by atoms with Crippen LogP contribution in [-0.2, 0) is 11.3 Å². The Morgan fingerprint density at radius 2 is 1.91 bits per heavy atom. The minimum atomic E-state index is -0.158. The second-order valence-electron chi connectivity index (χ2n) is 4.85. The van der Waals surface area contributed by atoms with E-state index in [1.807, 2.05) is 65.4 Å². The van der Waals surface area contributed by atoms with Gasteiger partial charge in [0.1, 0.15) is 6.54 Å². The predicted octanol–water partition coefficient (Wildman–Crippen LogP) is 3.55. The van der Waals surface area contributed by atoms with Crippen LogP contribution in [0.2, 0.25) is 0 Å². The number of hydrazone groups is 1. The van der Waals surface area contributed by atoms with Crippen molar-refractivity contribution >= 4 is 39.0 Å². The lowest BCUT2D eigenvalue weighted by molar-refractivity contribution is -0.121. The molecule has 0 radical (unpaired) electrons. The molecule has 22 heavy (non-hydrogen) atoms. The van der Waals surface area contributed by atoms with Crippen LogP contribution in [0.3, 0.4) is 0 Å². The number of nitrogens with zero attached hydrogens (tertiary/aromatic N) is 2. The molecule has 0 aliphatic heterocycles. The van der Waals surface area contributed by atoms with Crippen LogP contribution in [-0.4, -0.2) is 16.7 Å². The Hall–Kier alpha value is -2.40. The number of rotatable bonds is 4. The third kappa shape index (κ3) is 3.43. The number of fused-ring (bicyclic) bond motifs is 1. The maximum atomic E-state index is 11.9. The number of carbonyl (C=O) groups is 1. The van der Waals surface area contributed by atoms with E-state index in [1.54, 1.807) is 6.21 Å². The standard InChI is InChI=1S/C17H14BrN3O/c18-15-7-5-13(6-8-15)11-19-20-17(22)12-21-10-9-14-3-1-2-4-16(14)21/h1-11H,12H2,(H,20,22)/b19-11+. The summed E-state index contributed by atoms with van der Waals surface area (Å²) in [5.74, 6) is -0.158. The molecule has 0 bridgehead atoms. The Morgan fingerprint density at radius 3 is 2.73 bits per heavy atom. The molecule has 4 nitrogen and oxygen atoms in total. The van der Waals surface area contributed by atoms with E-state index in [-0.39, 0.29) is 12.5 Å². The van der Waals surface area contributed by atoms with Crippen LogP contribution in [0.25, 0.3) is 10.9 Å². The summed E-state index contributed by atoms with van der Waals surface area (Å²) in [5.41, 5.74) is 4.51. The molecule has 3 aromatic rings. The summed E-state index contributed by atoms with van der Waals surface area (Å²) in [6.45, 7) is 0.241. The Labute approximate surface area is 136 Å². The number of amides is 1. The molecule has 5 heteroatoms. The normalized spacial score (nSPS) is 11.1. The van der Waals surface area contributed by atoms with E-state index in [9.17, 15) is 4.79 Å². The zero-order chi connectivity index (χ0) is 15.4. The van der Waals surface area contributed by atoms with E-state index < -0.39 is 0 Å². The molecular formula is C17H14BrN3O. The molecule has 1 amide bonds. The second kappa shape index (κ2) is 6.58. The highest BCUT2D eigenvalue weighted by atomic mass is 79.9. The number of aromatic nitrogens is 1. The quantitative estimate of drug-likeness (QED) is 0.564. The molecule has 0 spiro atoms. The number of para-hydroxylation sites is 1. The zero-order valence-electron chi connectivity index (χ0n) is 11.7. The maximum absolute atomic E-state index is 11.9. The molecule has 0 unspecified atom stereocenters. The monoisotopic (exact) mass is 355 g/mol. The molecule has 0 aliphatic rings. The summed E-state index contributed by atoms with van der Waals surface area (Å²) < 4.78 is 2.91. The summed E-state index contributed by atoms with van der Waals surface area (Å²) in [4.78, 5) is 11.9. The van der Waals surface area contributed by atoms with Gasteiger partial charge in [0, 0.05) is 16.2 Å². The van der Waals surface area contributed by atoms with E-state index in [0.29, 0.717) is 0 Å². The first-order valence-electron chi connectivity index (χ1n) is 6.84. The number of hydrogen-bond donors (Lipinski definition) is 1. The molecule has 0 saturated carbocycles. The summed E-state index contributed by atoms with van der Waals surface area (Å²) in [5, 5.41) is 5.10. The van der Waals surface area contributed by atoms with Gasteiger partial charge in [-0.1, -0.05) is 46.3 Å². The van der Waals surface area contributed by atoms with Gasteiger partial charge in [-0.15, -0.1) is 0 Å². The first-order valence-corrected chi connectivity index (χ1v) is 7.63. The first-order chi connectivity index (χ1) is 10.7. The van der Waals surface area contributed by atoms with Crippen molar-refractivity contribution in [2.75, 3.05) is 0 Å². The third-order valence-electron chi connectivity index (χ3n) is 3.27. The van der Waals surface area contributed by atoms with E-state index in [2.05, 4.69) is 26.5 Å². The highest BCUT2D eigenvalue weighted by molar-refractivity contribution is 9.10. The molecular weight excluding hydrogens is 342 g/mol. The van der Waals surface area contributed by atoms with Gasteiger partial charge in [-0.05, 0) is 35.2 Å². The van der Waals surface area contributed by atoms with Gasteiger partial charge in [0.15, 0.2) is 0 Å². The molecule has 110 valence electrons. The van der Waals surface area contributed by atoms with E-state index >= 15 is 0 Å². The molecule has 0 fully saturated rings. The van der Waals surface area contributed by atoms with Gasteiger partial charge in [-0.25, -0.2) is 5.43 Å². The molecule has 2 aromatic carbocycles. The molecule has 1 heterocycles. The van der Waals surface area contributed by atoms with Gasteiger partial charge in [0.05, 0.1) is 6.21 Å². The third-order valence-corrected chi connectivity index (χ3v) is 3.80. The summed E-state index contributed by atoms with van der Waals surface area (Å²) in [7, 11) is 0. The smallest absolute Gasteiger partial charge is 0.259 e. The second-order valence-corrected chi connectivity index (χ2v) is 5.76. The van der Waals surface area contributed by atoms with Gasteiger partial charge in [0.2, 0.25) is 0 Å². The van der Waals surface area contributed by atoms with Crippen LogP contribution in [0.5, 0.6) is 0 Å². The average Bonchev–Trinajstić information content (AvgIpc) is 2.93. The lowest BCUT2D eigenvalue weighted by Gasteiger charge is -2.04. The fraction of sp³-hybridized carbons (Fsp3) is 0.0588. The average molecular weight is 356 g/mol.